The van der Waals surface area contributed by atoms with Crippen molar-refractivity contribution in [3.05, 3.63) is 112 Å². The number of thiophene rings is 1. The second-order valence-corrected chi connectivity index (χ2v) is 17.6. The van der Waals surface area contributed by atoms with Gasteiger partial charge in [0.25, 0.3) is 0 Å². The molecule has 12 nitrogen and oxygen atoms in total. The zero-order chi connectivity index (χ0) is 41.4. The second kappa shape index (κ2) is 12.8. The lowest BCUT2D eigenvalue weighted by atomic mass is 9.51. The van der Waals surface area contributed by atoms with Crippen molar-refractivity contribution in [1.82, 2.24) is 9.78 Å². The summed E-state index contributed by atoms with van der Waals surface area (Å²) in [5.41, 5.74) is 0.899. The zero-order valence-corrected chi connectivity index (χ0v) is 33.4. The minimum Gasteiger partial charge on any atom is -0.507 e. The molecular weight excluding hydrogens is 792 g/mol. The number of hydrogen-bond donors (Lipinski definition) is 3. The Bertz CT molecular complexity index is 2950. The second-order valence-electron chi connectivity index (χ2n) is 16.1. The van der Waals surface area contributed by atoms with Crippen LogP contribution >= 0.6 is 22.9 Å². The number of amides is 4. The number of aromatic carboxylic acids is 1. The number of aryl methyl sites for hydroxylation is 2. The summed E-state index contributed by atoms with van der Waals surface area (Å²) in [7, 11) is 1.68. The van der Waals surface area contributed by atoms with Crippen LogP contribution in [0.1, 0.15) is 47.2 Å². The highest BCUT2D eigenvalue weighted by molar-refractivity contribution is 7.22. The fourth-order valence-corrected chi connectivity index (χ4v) is 11.7. The van der Waals surface area contributed by atoms with Crippen LogP contribution in [-0.2, 0) is 26.2 Å². The predicted octanol–water partition coefficient (Wildman–Crippen LogP) is 7.96. The third kappa shape index (κ3) is 5.07. The zero-order valence-electron chi connectivity index (χ0n) is 31.8. The number of imide groups is 2. The number of fused-ring (bicyclic) bond motifs is 6. The molecule has 6 atom stereocenters. The molecule has 2 saturated heterocycles. The molecule has 3 N–H and O–H groups in total. The largest absolute Gasteiger partial charge is 0.507 e. The number of carboxylic acids is 1. The van der Waals surface area contributed by atoms with Crippen LogP contribution in [0, 0.1) is 36.0 Å². The van der Waals surface area contributed by atoms with E-state index in [4.69, 9.17) is 16.7 Å². The number of phenolic OH excluding ortho intramolecular Hbond substituents is 1. The smallest absolute Gasteiger partial charge is 0.339 e. The molecule has 0 radical (unpaired) electrons. The Morgan fingerprint density at radius 2 is 1.68 bits per heavy atom. The summed E-state index contributed by atoms with van der Waals surface area (Å²) >= 11 is 7.86. The Morgan fingerprint density at radius 3 is 2.44 bits per heavy atom. The van der Waals surface area contributed by atoms with E-state index in [1.165, 1.54) is 27.0 Å². The number of aromatic hydroxyl groups is 2. The minimum atomic E-state index is -1.43. The molecule has 2 aliphatic carbocycles. The number of halogens is 1. The average molecular weight is 827 g/mol. The molecule has 296 valence electrons. The lowest BCUT2D eigenvalue weighted by Gasteiger charge is -2.49. The number of rotatable bonds is 5. The summed E-state index contributed by atoms with van der Waals surface area (Å²) in [5, 5.41) is 39.7. The first-order valence-electron chi connectivity index (χ1n) is 19.2. The molecule has 4 heterocycles. The summed E-state index contributed by atoms with van der Waals surface area (Å²) in [5.74, 6) is -7.96. The molecule has 2 aromatic heterocycles. The van der Waals surface area contributed by atoms with Crippen LogP contribution < -0.4 is 9.80 Å². The number of allylic oxidation sites excluding steroid dienone is 2. The van der Waals surface area contributed by atoms with Gasteiger partial charge < -0.3 is 15.3 Å². The lowest BCUT2D eigenvalue weighted by Crippen LogP contribution is -2.49. The molecule has 0 spiro atoms. The lowest BCUT2D eigenvalue weighted by molar-refractivity contribution is -0.131. The van der Waals surface area contributed by atoms with E-state index in [0.29, 0.717) is 27.2 Å². The van der Waals surface area contributed by atoms with Gasteiger partial charge in [-0.15, -0.1) is 11.3 Å². The van der Waals surface area contributed by atoms with Gasteiger partial charge >= 0.3 is 5.97 Å². The van der Waals surface area contributed by atoms with E-state index in [9.17, 15) is 29.7 Å². The van der Waals surface area contributed by atoms with Crippen LogP contribution in [0.5, 0.6) is 11.5 Å². The predicted molar refractivity (Wildman–Crippen MR) is 222 cm³/mol. The third-order valence-electron chi connectivity index (χ3n) is 13.2. The van der Waals surface area contributed by atoms with Crippen molar-refractivity contribution >= 4 is 84.9 Å². The number of anilines is 2. The van der Waals surface area contributed by atoms with Crippen LogP contribution in [0.3, 0.4) is 0 Å². The number of nitrogens with zero attached hydrogens (tertiary/aromatic N) is 4. The van der Waals surface area contributed by atoms with Crippen molar-refractivity contribution in [2.75, 3.05) is 9.80 Å². The van der Waals surface area contributed by atoms with Crippen LogP contribution in [0.2, 0.25) is 5.02 Å². The first-order valence-corrected chi connectivity index (χ1v) is 20.4. The minimum absolute atomic E-state index is 0.0325. The van der Waals surface area contributed by atoms with Gasteiger partial charge in [-0.2, -0.15) is 5.10 Å². The number of carbonyl (C=O) groups excluding carboxylic acids is 4. The van der Waals surface area contributed by atoms with Crippen molar-refractivity contribution < 1.29 is 39.3 Å². The van der Waals surface area contributed by atoms with E-state index < -0.39 is 70.4 Å². The van der Waals surface area contributed by atoms with Gasteiger partial charge in [-0.05, 0) is 79.3 Å². The fraction of sp³-hybridized carbons (Fsp3) is 0.244. The van der Waals surface area contributed by atoms with Crippen molar-refractivity contribution in [3.63, 3.8) is 0 Å². The quantitative estimate of drug-likeness (QED) is 0.115. The molecule has 4 amide bonds. The molecule has 2 aliphatic heterocycles. The summed E-state index contributed by atoms with van der Waals surface area (Å²) in [6.45, 7) is 3.74. The van der Waals surface area contributed by atoms with E-state index in [0.717, 1.165) is 42.9 Å². The molecule has 14 heteroatoms. The molecular formula is C45H35ClN4O8S. The van der Waals surface area contributed by atoms with Crippen molar-refractivity contribution in [2.24, 2.45) is 36.1 Å². The number of hydrogen-bond acceptors (Lipinski definition) is 9. The van der Waals surface area contributed by atoms with Gasteiger partial charge in [0, 0.05) is 45.8 Å². The number of benzene rings is 4. The maximum Gasteiger partial charge on any atom is 0.339 e. The van der Waals surface area contributed by atoms with Gasteiger partial charge in [-0.1, -0.05) is 59.6 Å². The highest BCUT2D eigenvalue weighted by atomic mass is 35.5. The summed E-state index contributed by atoms with van der Waals surface area (Å²) in [6, 6.07) is 21.9. The summed E-state index contributed by atoms with van der Waals surface area (Å²) < 4.78 is 2.54. The molecule has 4 aromatic carbocycles. The van der Waals surface area contributed by atoms with Crippen LogP contribution in [0.4, 0.5) is 11.5 Å². The number of carbonyl (C=O) groups is 5. The van der Waals surface area contributed by atoms with Gasteiger partial charge in [0.15, 0.2) is 0 Å². The van der Waals surface area contributed by atoms with Crippen LogP contribution in [-0.4, -0.2) is 54.7 Å². The van der Waals surface area contributed by atoms with E-state index >= 15 is 9.59 Å². The van der Waals surface area contributed by atoms with E-state index in [2.05, 4.69) is 0 Å². The maximum absolute atomic E-state index is 15.3. The first kappa shape index (κ1) is 37.0. The number of aromatic nitrogens is 2. The molecule has 10 rings (SSSR count). The molecule has 1 saturated carbocycles. The molecule has 59 heavy (non-hydrogen) atoms. The Kier molecular flexibility index (Phi) is 8.05. The SMILES string of the molecule is Cc1c(-c2cc(N3C(=O)[C@@H]4C[C@@H]5C(=CC[C@@H]6C(=O)N(c7ccc(C(=O)O)c(O)c7)C(=O)[C@@H]65)[C@H](c5ccc6ccccc6c5O)[C@]4(C)C3=O)n(C)n2)sc2ccc(Cl)cc12. The first-order chi connectivity index (χ1) is 28.2. The van der Waals surface area contributed by atoms with Crippen molar-refractivity contribution in [1.29, 1.82) is 0 Å². The molecule has 0 bridgehead atoms. The Hall–Kier alpha value is -6.31. The van der Waals surface area contributed by atoms with Crippen molar-refractivity contribution in [3.8, 4) is 22.1 Å². The summed E-state index contributed by atoms with van der Waals surface area (Å²) in [6.07, 6.45) is 2.12. The molecule has 0 unspecified atom stereocenters. The van der Waals surface area contributed by atoms with E-state index in [1.54, 1.807) is 32.2 Å². The summed E-state index contributed by atoms with van der Waals surface area (Å²) in [4.78, 5) is 73.7. The van der Waals surface area contributed by atoms with Gasteiger partial charge in [0.1, 0.15) is 28.6 Å². The standard InChI is InChI=1S/C45H35ClN4O8S/c1-20-29-16-22(46)9-15-34(29)59-39(20)32-19-35(48(3)47-32)50-41(54)31-18-30-25(37(45(31,2)44(50)58)28-11-8-21-6-4-5-7-24(21)38(28)52)13-14-27-36(30)42(55)49(40(27)53)23-10-12-26(43(56)57)33(51)17-23/h4-13,15-17,19,27,30-31,36-37,51-52H,14,18H2,1-3H3,(H,56,57)/t27-,30+,31-,36-,37+,45+/m0/s1. The van der Waals surface area contributed by atoms with E-state index in [1.807, 2.05) is 55.5 Å². The highest BCUT2D eigenvalue weighted by Gasteiger charge is 2.68. The Morgan fingerprint density at radius 1 is 0.898 bits per heavy atom. The van der Waals surface area contributed by atoms with Gasteiger partial charge in [-0.25, -0.2) is 14.6 Å². The molecule has 3 fully saturated rings. The van der Waals surface area contributed by atoms with Crippen LogP contribution in [0.15, 0.2) is 90.5 Å². The maximum atomic E-state index is 15.3. The van der Waals surface area contributed by atoms with Gasteiger partial charge in [0.05, 0.1) is 33.7 Å². The van der Waals surface area contributed by atoms with Crippen molar-refractivity contribution in [2.45, 2.75) is 32.6 Å². The third-order valence-corrected chi connectivity index (χ3v) is 14.7. The van der Waals surface area contributed by atoms with Gasteiger partial charge in [0.2, 0.25) is 23.6 Å². The molecule has 4 aliphatic rings. The Balaban J connectivity index is 1.10. The number of carboxylic acid groups (broad SMARTS) is 1. The number of phenols is 2. The van der Waals surface area contributed by atoms with E-state index in [-0.39, 0.29) is 35.7 Å². The van der Waals surface area contributed by atoms with Crippen LogP contribution in [0.25, 0.3) is 31.4 Å². The topological polar surface area (TPSA) is 170 Å². The highest BCUT2D eigenvalue weighted by Crippen LogP contribution is 2.65. The average Bonchev–Trinajstić information content (AvgIpc) is 3.88. The Labute approximate surface area is 345 Å². The molecule has 6 aromatic rings. The normalized spacial score (nSPS) is 25.2. The fourth-order valence-electron chi connectivity index (χ4n) is 10.4. The monoisotopic (exact) mass is 826 g/mol. The van der Waals surface area contributed by atoms with Gasteiger partial charge in [-0.3, -0.25) is 23.9 Å².